The van der Waals surface area contributed by atoms with Crippen LogP contribution in [-0.4, -0.2) is 51.3 Å². The maximum atomic E-state index is 12.0. The highest BCUT2D eigenvalue weighted by Gasteiger charge is 2.28. The van der Waals surface area contributed by atoms with Crippen molar-refractivity contribution in [3.63, 3.8) is 0 Å². The fourth-order valence-corrected chi connectivity index (χ4v) is 3.94. The summed E-state index contributed by atoms with van der Waals surface area (Å²) in [6.07, 6.45) is 0. The second-order valence-corrected chi connectivity index (χ2v) is 6.52. The van der Waals surface area contributed by atoms with Crippen LogP contribution in [0.1, 0.15) is 5.56 Å². The minimum Gasteiger partial charge on any atom is -0.508 e. The summed E-state index contributed by atoms with van der Waals surface area (Å²) >= 11 is 0. The molecule has 2 aliphatic rings. The van der Waals surface area contributed by atoms with E-state index in [-0.39, 0.29) is 10.6 Å². The second-order valence-electron chi connectivity index (χ2n) is 4.76. The lowest BCUT2D eigenvalue weighted by Crippen LogP contribution is -2.37. The lowest BCUT2D eigenvalue weighted by molar-refractivity contribution is 0.0444. The summed E-state index contributed by atoms with van der Waals surface area (Å²) in [4.78, 5) is 2.38. The highest BCUT2D eigenvalue weighted by molar-refractivity contribution is 7.95. The number of benzene rings is 1. The van der Waals surface area contributed by atoms with E-state index in [0.29, 0.717) is 25.3 Å². The first-order valence-electron chi connectivity index (χ1n) is 6.15. The summed E-state index contributed by atoms with van der Waals surface area (Å²) in [5, 5.41) is 10.7. The van der Waals surface area contributed by atoms with Crippen LogP contribution in [0.4, 0.5) is 0 Å². The SMILES string of the molecule is O=S1(=O)C=C(CN2CCOCC2)c2ccc(O)cc21. The van der Waals surface area contributed by atoms with E-state index in [9.17, 15) is 13.5 Å². The number of phenols is 1. The largest absolute Gasteiger partial charge is 0.508 e. The number of nitrogens with zero attached hydrogens (tertiary/aromatic N) is 1. The van der Waals surface area contributed by atoms with Crippen molar-refractivity contribution in [2.45, 2.75) is 4.90 Å². The summed E-state index contributed by atoms with van der Waals surface area (Å²) in [7, 11) is -3.41. The molecule has 0 spiro atoms. The molecule has 0 radical (unpaired) electrons. The van der Waals surface area contributed by atoms with Gasteiger partial charge in [-0.15, -0.1) is 0 Å². The van der Waals surface area contributed by atoms with E-state index < -0.39 is 9.84 Å². The van der Waals surface area contributed by atoms with Gasteiger partial charge in [-0.2, -0.15) is 0 Å². The molecule has 6 heteroatoms. The summed E-state index contributed by atoms with van der Waals surface area (Å²) in [5.41, 5.74) is 1.49. The fraction of sp³-hybridized carbons (Fsp3) is 0.385. The molecule has 102 valence electrons. The molecule has 1 fully saturated rings. The van der Waals surface area contributed by atoms with Gasteiger partial charge >= 0.3 is 0 Å². The zero-order chi connectivity index (χ0) is 13.5. The zero-order valence-electron chi connectivity index (χ0n) is 10.4. The third-order valence-electron chi connectivity index (χ3n) is 3.41. The van der Waals surface area contributed by atoms with Crippen LogP contribution in [0, 0.1) is 0 Å². The first-order chi connectivity index (χ1) is 9.06. The van der Waals surface area contributed by atoms with Gasteiger partial charge in [0.15, 0.2) is 0 Å². The third-order valence-corrected chi connectivity index (χ3v) is 4.96. The third kappa shape index (κ3) is 2.39. The summed E-state index contributed by atoms with van der Waals surface area (Å²) in [6, 6.07) is 4.50. The number of phenolic OH excluding ortho intramolecular Hbond substituents is 1. The highest BCUT2D eigenvalue weighted by Crippen LogP contribution is 2.35. The summed E-state index contributed by atoms with van der Waals surface area (Å²) < 4.78 is 29.3. The Morgan fingerprint density at radius 2 is 2.00 bits per heavy atom. The molecule has 19 heavy (non-hydrogen) atoms. The number of aromatic hydroxyl groups is 1. The standard InChI is InChI=1S/C13H15NO4S/c15-11-1-2-12-10(8-14-3-5-18-6-4-14)9-19(16,17)13(12)7-11/h1-2,7,9,15H,3-6,8H2. The van der Waals surface area contributed by atoms with Gasteiger partial charge in [0.05, 0.1) is 18.1 Å². The van der Waals surface area contributed by atoms with Gasteiger partial charge < -0.3 is 9.84 Å². The Morgan fingerprint density at radius 3 is 2.74 bits per heavy atom. The van der Waals surface area contributed by atoms with Crippen molar-refractivity contribution in [3.8, 4) is 5.75 Å². The highest BCUT2D eigenvalue weighted by atomic mass is 32.2. The molecule has 3 rings (SSSR count). The van der Waals surface area contributed by atoms with Gasteiger partial charge in [0.25, 0.3) is 0 Å². The summed E-state index contributed by atoms with van der Waals surface area (Å²) in [5.74, 6) is -0.0247. The van der Waals surface area contributed by atoms with Gasteiger partial charge in [-0.1, -0.05) is 0 Å². The predicted molar refractivity (Wildman–Crippen MR) is 70.5 cm³/mol. The predicted octanol–water partition coefficient (Wildman–Crippen LogP) is 0.853. The number of fused-ring (bicyclic) bond motifs is 1. The van der Waals surface area contributed by atoms with E-state index in [0.717, 1.165) is 18.7 Å². The second kappa shape index (κ2) is 4.63. The zero-order valence-corrected chi connectivity index (χ0v) is 11.2. The van der Waals surface area contributed by atoms with E-state index in [2.05, 4.69) is 4.90 Å². The maximum Gasteiger partial charge on any atom is 0.200 e. The van der Waals surface area contributed by atoms with E-state index >= 15 is 0 Å². The monoisotopic (exact) mass is 281 g/mol. The lowest BCUT2D eigenvalue weighted by atomic mass is 10.1. The van der Waals surface area contributed by atoms with Gasteiger partial charge in [-0.25, -0.2) is 8.42 Å². The summed E-state index contributed by atoms with van der Waals surface area (Å²) in [6.45, 7) is 3.58. The van der Waals surface area contributed by atoms with Crippen LogP contribution in [0.25, 0.3) is 5.57 Å². The Morgan fingerprint density at radius 1 is 1.26 bits per heavy atom. The van der Waals surface area contributed by atoms with Crippen LogP contribution in [0.15, 0.2) is 28.5 Å². The van der Waals surface area contributed by atoms with Gasteiger partial charge in [-0.3, -0.25) is 4.90 Å². The minimum absolute atomic E-state index is 0.0247. The van der Waals surface area contributed by atoms with Crippen molar-refractivity contribution in [2.24, 2.45) is 0 Å². The minimum atomic E-state index is -3.41. The molecule has 1 aromatic rings. The molecule has 0 atom stereocenters. The van der Waals surface area contributed by atoms with E-state index in [4.69, 9.17) is 4.74 Å². The number of sulfone groups is 1. The Kier molecular flexibility index (Phi) is 3.08. The molecule has 0 saturated carbocycles. The number of morpholine rings is 1. The average Bonchev–Trinajstić information content (AvgIpc) is 2.62. The van der Waals surface area contributed by atoms with Crippen molar-refractivity contribution in [2.75, 3.05) is 32.8 Å². The van der Waals surface area contributed by atoms with Crippen LogP contribution in [0.2, 0.25) is 0 Å². The van der Waals surface area contributed by atoms with E-state index in [1.807, 2.05) is 0 Å². The van der Waals surface area contributed by atoms with Crippen LogP contribution in [0.5, 0.6) is 5.75 Å². The normalized spacial score (nSPS) is 22.0. The smallest absolute Gasteiger partial charge is 0.200 e. The first kappa shape index (κ1) is 12.7. The molecule has 5 nitrogen and oxygen atoms in total. The first-order valence-corrected chi connectivity index (χ1v) is 7.70. The Labute approximate surface area is 112 Å². The van der Waals surface area contributed by atoms with Crippen molar-refractivity contribution < 1.29 is 18.3 Å². The van der Waals surface area contributed by atoms with Gasteiger partial charge in [0, 0.05) is 25.0 Å². The molecule has 2 aliphatic heterocycles. The Hall–Kier alpha value is -1.37. The van der Waals surface area contributed by atoms with Crippen LogP contribution in [0.3, 0.4) is 0 Å². The van der Waals surface area contributed by atoms with Crippen LogP contribution >= 0.6 is 0 Å². The van der Waals surface area contributed by atoms with E-state index in [1.165, 1.54) is 17.5 Å². The molecule has 1 N–H and O–H groups in total. The quantitative estimate of drug-likeness (QED) is 0.870. The number of hydrogen-bond donors (Lipinski definition) is 1. The molecule has 0 bridgehead atoms. The molecule has 0 unspecified atom stereocenters. The fourth-order valence-electron chi connectivity index (χ4n) is 2.45. The van der Waals surface area contributed by atoms with E-state index in [1.54, 1.807) is 6.07 Å². The average molecular weight is 281 g/mol. The van der Waals surface area contributed by atoms with Crippen molar-refractivity contribution in [3.05, 3.63) is 29.2 Å². The molecular formula is C13H15NO4S. The van der Waals surface area contributed by atoms with Crippen molar-refractivity contribution >= 4 is 15.4 Å². The molecule has 0 aliphatic carbocycles. The van der Waals surface area contributed by atoms with Crippen LogP contribution in [-0.2, 0) is 14.6 Å². The molecule has 0 amide bonds. The number of ether oxygens (including phenoxy) is 1. The lowest BCUT2D eigenvalue weighted by Gasteiger charge is -2.27. The molecule has 1 saturated heterocycles. The van der Waals surface area contributed by atoms with Crippen molar-refractivity contribution in [1.82, 2.24) is 4.90 Å². The maximum absolute atomic E-state index is 12.0. The van der Waals surface area contributed by atoms with Gasteiger partial charge in [0.2, 0.25) is 9.84 Å². The number of hydrogen-bond acceptors (Lipinski definition) is 5. The number of rotatable bonds is 2. The molecule has 2 heterocycles. The van der Waals surface area contributed by atoms with Crippen LogP contribution < -0.4 is 0 Å². The van der Waals surface area contributed by atoms with Crippen molar-refractivity contribution in [1.29, 1.82) is 0 Å². The van der Waals surface area contributed by atoms with Gasteiger partial charge in [-0.05, 0) is 29.3 Å². The molecule has 0 aromatic heterocycles. The Balaban J connectivity index is 1.92. The Bertz CT molecular complexity index is 630. The van der Waals surface area contributed by atoms with Gasteiger partial charge in [0.1, 0.15) is 5.75 Å². The molecular weight excluding hydrogens is 266 g/mol. The topological polar surface area (TPSA) is 66.8 Å². The molecule has 1 aromatic carbocycles.